The third-order valence-corrected chi connectivity index (χ3v) is 5.59. The average Bonchev–Trinajstić information content (AvgIpc) is 2.53. The highest BCUT2D eigenvalue weighted by Crippen LogP contribution is 2.41. The fraction of sp³-hybridized carbons (Fsp3) is 0.895. The number of carbonyl (C=O) groups excluding carboxylic acids is 2. The number of cyclic esters (lactones) is 2. The standard InChI is InChI=1S/C19H34O6S/c1-17(2)8-13(18(3,4)10-20)24-15(22)7-12(26)16(23)25-14(9-17)19(5,6)11-21/h12-14,20-21,26H,7-11H2,1-6H3. The fourth-order valence-electron chi connectivity index (χ4n) is 2.91. The Morgan fingerprint density at radius 2 is 1.42 bits per heavy atom. The molecule has 0 aromatic carbocycles. The number of esters is 2. The zero-order chi connectivity index (χ0) is 20.3. The molecule has 1 saturated heterocycles. The van der Waals surface area contributed by atoms with Gasteiger partial charge in [-0.05, 0) is 18.3 Å². The zero-order valence-corrected chi connectivity index (χ0v) is 17.6. The lowest BCUT2D eigenvalue weighted by Crippen LogP contribution is -2.43. The SMILES string of the molecule is CC1(C)CC(C(C)(C)CO)OC(=O)CC(S)C(=O)OC(C(C)(C)CO)C1. The van der Waals surface area contributed by atoms with Crippen molar-refractivity contribution in [2.75, 3.05) is 13.2 Å². The second-order valence-electron chi connectivity index (χ2n) is 9.49. The second kappa shape index (κ2) is 8.48. The minimum atomic E-state index is -0.932. The number of hydrogen-bond acceptors (Lipinski definition) is 7. The van der Waals surface area contributed by atoms with Gasteiger partial charge in [0.15, 0.2) is 0 Å². The van der Waals surface area contributed by atoms with E-state index in [1.165, 1.54) is 0 Å². The summed E-state index contributed by atoms with van der Waals surface area (Å²) in [5.41, 5.74) is -1.62. The summed E-state index contributed by atoms with van der Waals surface area (Å²) in [5, 5.41) is 18.6. The first-order valence-corrected chi connectivity index (χ1v) is 9.55. The van der Waals surface area contributed by atoms with E-state index in [2.05, 4.69) is 12.6 Å². The van der Waals surface area contributed by atoms with Gasteiger partial charge in [0.2, 0.25) is 0 Å². The Labute approximate surface area is 162 Å². The highest BCUT2D eigenvalue weighted by atomic mass is 32.1. The van der Waals surface area contributed by atoms with E-state index in [4.69, 9.17) is 9.47 Å². The Morgan fingerprint density at radius 3 is 1.85 bits per heavy atom. The van der Waals surface area contributed by atoms with Crippen molar-refractivity contribution in [2.45, 2.75) is 78.3 Å². The van der Waals surface area contributed by atoms with Crippen LogP contribution in [0.4, 0.5) is 0 Å². The summed E-state index contributed by atoms with van der Waals surface area (Å²) >= 11 is 4.20. The van der Waals surface area contributed by atoms with E-state index in [9.17, 15) is 19.8 Å². The van der Waals surface area contributed by atoms with Crippen LogP contribution in [0.2, 0.25) is 0 Å². The van der Waals surface area contributed by atoms with Crippen molar-refractivity contribution >= 4 is 24.6 Å². The van der Waals surface area contributed by atoms with Gasteiger partial charge in [0, 0.05) is 10.8 Å². The molecule has 0 saturated carbocycles. The Morgan fingerprint density at radius 1 is 1.00 bits per heavy atom. The molecule has 7 heteroatoms. The van der Waals surface area contributed by atoms with Gasteiger partial charge in [-0.25, -0.2) is 0 Å². The maximum atomic E-state index is 12.4. The van der Waals surface area contributed by atoms with Crippen LogP contribution in [0.3, 0.4) is 0 Å². The Balaban J connectivity index is 3.27. The number of hydrogen-bond donors (Lipinski definition) is 3. The Bertz CT molecular complexity index is 514. The first kappa shape index (κ1) is 23.2. The Hall–Kier alpha value is -0.790. The van der Waals surface area contributed by atoms with Crippen molar-refractivity contribution in [1.82, 2.24) is 0 Å². The van der Waals surface area contributed by atoms with Crippen LogP contribution in [0.15, 0.2) is 0 Å². The van der Waals surface area contributed by atoms with Gasteiger partial charge in [-0.2, -0.15) is 12.6 Å². The van der Waals surface area contributed by atoms with E-state index in [1.54, 1.807) is 0 Å². The first-order chi connectivity index (χ1) is 11.7. The highest BCUT2D eigenvalue weighted by molar-refractivity contribution is 7.81. The third-order valence-electron chi connectivity index (χ3n) is 5.20. The van der Waals surface area contributed by atoms with Crippen LogP contribution >= 0.6 is 12.6 Å². The minimum absolute atomic E-state index is 0.133. The number of aliphatic hydroxyl groups is 2. The van der Waals surface area contributed by atoms with E-state index in [1.807, 2.05) is 41.5 Å². The average molecular weight is 391 g/mol. The Kier molecular flexibility index (Phi) is 7.59. The van der Waals surface area contributed by atoms with Crippen LogP contribution in [0.1, 0.15) is 60.8 Å². The van der Waals surface area contributed by atoms with Gasteiger partial charge in [-0.15, -0.1) is 0 Å². The summed E-state index contributed by atoms with van der Waals surface area (Å²) in [6.45, 7) is 11.1. The number of ether oxygens (including phenoxy) is 2. The van der Waals surface area contributed by atoms with E-state index in [0.717, 1.165) is 0 Å². The quantitative estimate of drug-likeness (QED) is 0.504. The molecule has 1 fully saturated rings. The highest BCUT2D eigenvalue weighted by Gasteiger charge is 2.43. The number of thiol groups is 1. The molecule has 2 N–H and O–H groups in total. The van der Waals surface area contributed by atoms with Gasteiger partial charge in [0.25, 0.3) is 0 Å². The summed E-state index contributed by atoms with van der Waals surface area (Å²) in [6, 6.07) is 0. The van der Waals surface area contributed by atoms with Gasteiger partial charge in [-0.1, -0.05) is 41.5 Å². The van der Waals surface area contributed by atoms with Gasteiger partial charge in [0.1, 0.15) is 17.5 Å². The molecule has 1 aliphatic heterocycles. The van der Waals surface area contributed by atoms with Crippen molar-refractivity contribution in [3.05, 3.63) is 0 Å². The van der Waals surface area contributed by atoms with Crippen LogP contribution in [-0.4, -0.2) is 52.8 Å². The molecule has 1 aliphatic rings. The predicted octanol–water partition coefficient (Wildman–Crippen LogP) is 2.36. The summed E-state index contributed by atoms with van der Waals surface area (Å²) < 4.78 is 11.3. The van der Waals surface area contributed by atoms with Gasteiger partial charge < -0.3 is 19.7 Å². The largest absolute Gasteiger partial charge is 0.462 e. The third kappa shape index (κ3) is 6.13. The molecule has 1 heterocycles. The molecule has 3 atom stereocenters. The smallest absolute Gasteiger partial charge is 0.319 e. The van der Waals surface area contributed by atoms with Crippen molar-refractivity contribution < 1.29 is 29.3 Å². The van der Waals surface area contributed by atoms with Crippen LogP contribution in [-0.2, 0) is 19.1 Å². The molecule has 152 valence electrons. The second-order valence-corrected chi connectivity index (χ2v) is 10.1. The molecule has 26 heavy (non-hydrogen) atoms. The van der Waals surface area contributed by atoms with E-state index < -0.39 is 40.2 Å². The van der Waals surface area contributed by atoms with Gasteiger partial charge in [0.05, 0.1) is 19.6 Å². The molecule has 0 aliphatic carbocycles. The maximum Gasteiger partial charge on any atom is 0.319 e. The number of aliphatic hydroxyl groups excluding tert-OH is 2. The zero-order valence-electron chi connectivity index (χ0n) is 16.7. The van der Waals surface area contributed by atoms with Crippen LogP contribution < -0.4 is 0 Å². The molecule has 0 aromatic rings. The molecule has 1 rings (SSSR count). The summed E-state index contributed by atoms with van der Waals surface area (Å²) in [4.78, 5) is 24.7. The van der Waals surface area contributed by atoms with Crippen molar-refractivity contribution in [3.8, 4) is 0 Å². The molecule has 0 amide bonds. The van der Waals surface area contributed by atoms with E-state index in [-0.39, 0.29) is 25.0 Å². The molecular formula is C19H34O6S. The van der Waals surface area contributed by atoms with Gasteiger partial charge >= 0.3 is 11.9 Å². The van der Waals surface area contributed by atoms with Crippen molar-refractivity contribution in [3.63, 3.8) is 0 Å². The fourth-order valence-corrected chi connectivity index (χ4v) is 3.12. The molecule has 0 aromatic heterocycles. The summed E-state index contributed by atoms with van der Waals surface area (Å²) in [7, 11) is 0. The molecule has 0 spiro atoms. The molecule has 0 radical (unpaired) electrons. The van der Waals surface area contributed by atoms with E-state index in [0.29, 0.717) is 12.8 Å². The normalized spacial score (nSPS) is 28.7. The van der Waals surface area contributed by atoms with Crippen molar-refractivity contribution in [1.29, 1.82) is 0 Å². The molecule has 6 nitrogen and oxygen atoms in total. The lowest BCUT2D eigenvalue weighted by Gasteiger charge is -2.41. The lowest BCUT2D eigenvalue weighted by atomic mass is 9.71. The van der Waals surface area contributed by atoms with Crippen molar-refractivity contribution in [2.24, 2.45) is 16.2 Å². The monoisotopic (exact) mass is 390 g/mol. The van der Waals surface area contributed by atoms with Crippen LogP contribution in [0.25, 0.3) is 0 Å². The molecule has 3 unspecified atom stereocenters. The number of rotatable bonds is 4. The maximum absolute atomic E-state index is 12.4. The van der Waals surface area contributed by atoms with Crippen LogP contribution in [0.5, 0.6) is 0 Å². The predicted molar refractivity (Wildman–Crippen MR) is 102 cm³/mol. The lowest BCUT2D eigenvalue weighted by molar-refractivity contribution is -0.161. The molecular weight excluding hydrogens is 356 g/mol. The van der Waals surface area contributed by atoms with E-state index >= 15 is 0 Å². The summed E-state index contributed by atoms with van der Waals surface area (Å²) in [6.07, 6.45) is -0.258. The topological polar surface area (TPSA) is 93.1 Å². The minimum Gasteiger partial charge on any atom is -0.462 e. The van der Waals surface area contributed by atoms with Crippen LogP contribution in [0, 0.1) is 16.2 Å². The molecule has 0 bridgehead atoms. The summed E-state index contributed by atoms with van der Waals surface area (Å²) in [5.74, 6) is -1.13. The number of carbonyl (C=O) groups is 2. The van der Waals surface area contributed by atoms with Gasteiger partial charge in [-0.3, -0.25) is 9.59 Å². The first-order valence-electron chi connectivity index (χ1n) is 9.04.